The zero-order valence-electron chi connectivity index (χ0n) is 12.7. The van der Waals surface area contributed by atoms with E-state index < -0.39 is 17.6 Å². The first-order chi connectivity index (χ1) is 9.89. The number of nitrogens with zero attached hydrogens (tertiary/aromatic N) is 1. The molecule has 2 atom stereocenters. The van der Waals surface area contributed by atoms with Crippen LogP contribution >= 0.6 is 0 Å². The standard InChI is InChI=1S/C15H26N2O4/c1-15(21)8-5-9-17(10-15)14(20)16-12(13(18)19)11-6-3-2-4-7-11/h11-12,21H,2-10H2,1H3,(H,16,20)(H,18,19). The summed E-state index contributed by atoms with van der Waals surface area (Å²) in [5.41, 5.74) is -0.876. The van der Waals surface area contributed by atoms with Gasteiger partial charge in [0.25, 0.3) is 0 Å². The number of carbonyl (C=O) groups excluding carboxylic acids is 1. The molecule has 120 valence electrons. The third-order valence-corrected chi connectivity index (χ3v) is 4.63. The largest absolute Gasteiger partial charge is 0.480 e. The first-order valence-electron chi connectivity index (χ1n) is 7.90. The van der Waals surface area contributed by atoms with E-state index in [1.165, 1.54) is 4.90 Å². The maximum atomic E-state index is 12.3. The molecule has 0 aromatic heterocycles. The highest BCUT2D eigenvalue weighted by Crippen LogP contribution is 2.27. The van der Waals surface area contributed by atoms with Crippen molar-refractivity contribution in [2.75, 3.05) is 13.1 Å². The molecule has 3 N–H and O–H groups in total. The van der Waals surface area contributed by atoms with Crippen LogP contribution in [0.4, 0.5) is 4.79 Å². The lowest BCUT2D eigenvalue weighted by atomic mass is 9.84. The van der Waals surface area contributed by atoms with Crippen LogP contribution in [0.15, 0.2) is 0 Å². The number of carboxylic acids is 1. The van der Waals surface area contributed by atoms with Gasteiger partial charge in [-0.1, -0.05) is 19.3 Å². The number of hydrogen-bond acceptors (Lipinski definition) is 3. The number of nitrogens with one attached hydrogen (secondary N) is 1. The number of amides is 2. The van der Waals surface area contributed by atoms with Gasteiger partial charge in [-0.15, -0.1) is 0 Å². The van der Waals surface area contributed by atoms with Crippen molar-refractivity contribution in [2.24, 2.45) is 5.92 Å². The van der Waals surface area contributed by atoms with E-state index >= 15 is 0 Å². The minimum atomic E-state index is -0.959. The monoisotopic (exact) mass is 298 g/mol. The third kappa shape index (κ3) is 4.33. The molecule has 1 aliphatic heterocycles. The Morgan fingerprint density at radius 1 is 1.24 bits per heavy atom. The average molecular weight is 298 g/mol. The quantitative estimate of drug-likeness (QED) is 0.738. The molecule has 0 spiro atoms. The van der Waals surface area contributed by atoms with Crippen LogP contribution in [0.1, 0.15) is 51.9 Å². The van der Waals surface area contributed by atoms with Crippen LogP contribution in [-0.2, 0) is 4.79 Å². The Bertz CT molecular complexity index is 391. The van der Waals surface area contributed by atoms with E-state index in [1.807, 2.05) is 0 Å². The molecule has 1 saturated heterocycles. The Balaban J connectivity index is 1.96. The zero-order valence-corrected chi connectivity index (χ0v) is 12.7. The number of aliphatic hydroxyl groups is 1. The molecule has 2 unspecified atom stereocenters. The average Bonchev–Trinajstić information content (AvgIpc) is 2.44. The number of carboxylic acid groups (broad SMARTS) is 1. The van der Waals surface area contributed by atoms with Gasteiger partial charge < -0.3 is 20.4 Å². The van der Waals surface area contributed by atoms with Crippen molar-refractivity contribution in [3.8, 4) is 0 Å². The molecule has 0 radical (unpaired) electrons. The minimum absolute atomic E-state index is 0.0190. The van der Waals surface area contributed by atoms with E-state index in [0.717, 1.165) is 38.5 Å². The Morgan fingerprint density at radius 2 is 1.90 bits per heavy atom. The predicted octanol–water partition coefficient (Wildman–Crippen LogP) is 1.58. The summed E-state index contributed by atoms with van der Waals surface area (Å²) in [5.74, 6) is -0.940. The summed E-state index contributed by atoms with van der Waals surface area (Å²) in [6.45, 7) is 2.54. The Hall–Kier alpha value is -1.30. The molecule has 6 nitrogen and oxygen atoms in total. The predicted molar refractivity (Wildman–Crippen MR) is 78.0 cm³/mol. The summed E-state index contributed by atoms with van der Waals surface area (Å²) in [6.07, 6.45) is 6.32. The summed E-state index contributed by atoms with van der Waals surface area (Å²) in [6, 6.07) is -1.18. The molecule has 0 aromatic carbocycles. The fraction of sp³-hybridized carbons (Fsp3) is 0.867. The van der Waals surface area contributed by atoms with Crippen molar-refractivity contribution in [3.05, 3.63) is 0 Å². The highest BCUT2D eigenvalue weighted by atomic mass is 16.4. The Kier molecular flexibility index (Phi) is 5.08. The molecule has 2 fully saturated rings. The van der Waals surface area contributed by atoms with E-state index in [1.54, 1.807) is 6.92 Å². The van der Waals surface area contributed by atoms with E-state index in [2.05, 4.69) is 5.32 Å². The van der Waals surface area contributed by atoms with Crippen LogP contribution < -0.4 is 5.32 Å². The van der Waals surface area contributed by atoms with E-state index in [0.29, 0.717) is 13.0 Å². The molecule has 0 aromatic rings. The lowest BCUT2D eigenvalue weighted by Gasteiger charge is -2.38. The van der Waals surface area contributed by atoms with Gasteiger partial charge in [0.05, 0.1) is 12.1 Å². The molecule has 21 heavy (non-hydrogen) atoms. The van der Waals surface area contributed by atoms with Crippen molar-refractivity contribution < 1.29 is 19.8 Å². The van der Waals surface area contributed by atoms with Crippen molar-refractivity contribution in [1.82, 2.24) is 10.2 Å². The number of carbonyl (C=O) groups is 2. The van der Waals surface area contributed by atoms with Gasteiger partial charge in [-0.05, 0) is 38.5 Å². The number of hydrogen-bond donors (Lipinski definition) is 3. The molecular weight excluding hydrogens is 272 g/mol. The highest BCUT2D eigenvalue weighted by Gasteiger charge is 2.35. The van der Waals surface area contributed by atoms with Crippen LogP contribution in [0.25, 0.3) is 0 Å². The fourth-order valence-electron chi connectivity index (χ4n) is 3.47. The highest BCUT2D eigenvalue weighted by molar-refractivity contribution is 5.83. The smallest absolute Gasteiger partial charge is 0.326 e. The van der Waals surface area contributed by atoms with Gasteiger partial charge in [0, 0.05) is 6.54 Å². The van der Waals surface area contributed by atoms with Gasteiger partial charge in [0.2, 0.25) is 0 Å². The second-order valence-electron chi connectivity index (χ2n) is 6.69. The molecule has 2 aliphatic rings. The second-order valence-corrected chi connectivity index (χ2v) is 6.69. The van der Waals surface area contributed by atoms with Crippen molar-refractivity contribution >= 4 is 12.0 Å². The van der Waals surface area contributed by atoms with Gasteiger partial charge in [0.1, 0.15) is 6.04 Å². The SMILES string of the molecule is CC1(O)CCCN(C(=O)NC(C(=O)O)C2CCCCC2)C1. The Labute approximate surface area is 125 Å². The minimum Gasteiger partial charge on any atom is -0.480 e. The van der Waals surface area contributed by atoms with Crippen molar-refractivity contribution in [1.29, 1.82) is 0 Å². The summed E-state index contributed by atoms with van der Waals surface area (Å²) in [5, 5.41) is 22.1. The number of aliphatic carboxylic acids is 1. The van der Waals surface area contributed by atoms with Gasteiger partial charge in [-0.2, -0.15) is 0 Å². The Morgan fingerprint density at radius 3 is 2.48 bits per heavy atom. The number of piperidine rings is 1. The molecule has 2 amide bonds. The van der Waals surface area contributed by atoms with Crippen LogP contribution in [0.2, 0.25) is 0 Å². The molecule has 1 saturated carbocycles. The summed E-state index contributed by atoms with van der Waals surface area (Å²) >= 11 is 0. The summed E-state index contributed by atoms with van der Waals surface area (Å²) < 4.78 is 0. The number of rotatable bonds is 3. The lowest BCUT2D eigenvalue weighted by molar-refractivity contribution is -0.141. The van der Waals surface area contributed by atoms with Gasteiger partial charge in [-0.3, -0.25) is 0 Å². The molecule has 1 heterocycles. The number of likely N-dealkylation sites (tertiary alicyclic amines) is 1. The van der Waals surface area contributed by atoms with E-state index in [4.69, 9.17) is 0 Å². The molecule has 1 aliphatic carbocycles. The second kappa shape index (κ2) is 6.64. The third-order valence-electron chi connectivity index (χ3n) is 4.63. The van der Waals surface area contributed by atoms with Gasteiger partial charge in [0.15, 0.2) is 0 Å². The van der Waals surface area contributed by atoms with Crippen LogP contribution in [-0.4, -0.2) is 51.8 Å². The first kappa shape index (κ1) is 16.1. The van der Waals surface area contributed by atoms with Crippen molar-refractivity contribution in [3.63, 3.8) is 0 Å². The van der Waals surface area contributed by atoms with E-state index in [-0.39, 0.29) is 18.5 Å². The maximum Gasteiger partial charge on any atom is 0.326 e. The maximum absolute atomic E-state index is 12.3. The molecule has 0 bridgehead atoms. The topological polar surface area (TPSA) is 89.9 Å². The molecule has 6 heteroatoms. The summed E-state index contributed by atoms with van der Waals surface area (Å²) in [4.78, 5) is 25.3. The van der Waals surface area contributed by atoms with Gasteiger partial charge in [-0.25, -0.2) is 9.59 Å². The summed E-state index contributed by atoms with van der Waals surface area (Å²) in [7, 11) is 0. The first-order valence-corrected chi connectivity index (χ1v) is 7.90. The van der Waals surface area contributed by atoms with E-state index in [9.17, 15) is 19.8 Å². The fourth-order valence-corrected chi connectivity index (χ4v) is 3.47. The van der Waals surface area contributed by atoms with Crippen LogP contribution in [0, 0.1) is 5.92 Å². The molecular formula is C15H26N2O4. The normalized spacial score (nSPS) is 29.0. The lowest BCUT2D eigenvalue weighted by Crippen LogP contribution is -2.56. The van der Waals surface area contributed by atoms with Gasteiger partial charge >= 0.3 is 12.0 Å². The van der Waals surface area contributed by atoms with Crippen LogP contribution in [0.5, 0.6) is 0 Å². The van der Waals surface area contributed by atoms with Crippen molar-refractivity contribution in [2.45, 2.75) is 63.5 Å². The zero-order chi connectivity index (χ0) is 15.5. The number of urea groups is 1. The molecule has 2 rings (SSSR count). The van der Waals surface area contributed by atoms with Crippen LogP contribution in [0.3, 0.4) is 0 Å². The number of β-amino-alcohol motifs (C(OH)–C–C–N with tert-alkyl or cyclic N) is 1.